The van der Waals surface area contributed by atoms with E-state index in [0.717, 1.165) is 18.6 Å². The maximum Gasteiger partial charge on any atom is 0.306 e. The first-order chi connectivity index (χ1) is 10.0. The van der Waals surface area contributed by atoms with Gasteiger partial charge in [-0.05, 0) is 37.8 Å². The molecule has 0 radical (unpaired) electrons. The Bertz CT molecular complexity index is 459. The van der Waals surface area contributed by atoms with Crippen molar-refractivity contribution in [1.82, 2.24) is 5.32 Å². The average Bonchev–Trinajstić information content (AvgIpc) is 2.91. The lowest BCUT2D eigenvalue weighted by molar-refractivity contribution is -0.142. The van der Waals surface area contributed by atoms with Crippen LogP contribution >= 0.6 is 11.8 Å². The van der Waals surface area contributed by atoms with Crippen LogP contribution in [0.2, 0.25) is 0 Å². The molecule has 1 fully saturated rings. The topological polar surface area (TPSA) is 62.5 Å². The van der Waals surface area contributed by atoms with Gasteiger partial charge in [-0.2, -0.15) is 8.78 Å². The highest BCUT2D eigenvalue weighted by molar-refractivity contribution is 7.98. The van der Waals surface area contributed by atoms with Crippen LogP contribution in [-0.4, -0.2) is 22.9 Å². The summed E-state index contributed by atoms with van der Waals surface area (Å²) in [5.41, 5.74) is 0. The molecule has 0 amide bonds. The van der Waals surface area contributed by atoms with Crippen molar-refractivity contribution in [3.8, 4) is 0 Å². The summed E-state index contributed by atoms with van der Waals surface area (Å²) in [4.78, 5) is 10.9. The van der Waals surface area contributed by atoms with Crippen LogP contribution < -0.4 is 5.32 Å². The van der Waals surface area contributed by atoms with E-state index in [0.29, 0.717) is 43.0 Å². The maximum atomic E-state index is 12.1. The number of alkyl halides is 2. The lowest BCUT2D eigenvalue weighted by Gasteiger charge is -2.26. The summed E-state index contributed by atoms with van der Waals surface area (Å²) < 4.78 is 29.6. The Labute approximate surface area is 126 Å². The van der Waals surface area contributed by atoms with Crippen molar-refractivity contribution in [2.45, 2.75) is 49.8 Å². The van der Waals surface area contributed by atoms with E-state index in [2.05, 4.69) is 5.32 Å². The number of rotatable bonds is 7. The van der Waals surface area contributed by atoms with Crippen molar-refractivity contribution < 1.29 is 23.1 Å². The van der Waals surface area contributed by atoms with Crippen molar-refractivity contribution in [2.24, 2.45) is 5.92 Å². The highest BCUT2D eigenvalue weighted by atomic mass is 32.2. The molecule has 1 saturated carbocycles. The second-order valence-electron chi connectivity index (χ2n) is 5.21. The average molecular weight is 319 g/mol. The van der Waals surface area contributed by atoms with Crippen LogP contribution in [0.3, 0.4) is 0 Å². The number of furan rings is 1. The molecule has 0 unspecified atom stereocenters. The van der Waals surface area contributed by atoms with Crippen LogP contribution in [0.5, 0.6) is 0 Å². The Kier molecular flexibility index (Phi) is 6.05. The molecule has 0 bridgehead atoms. The van der Waals surface area contributed by atoms with Gasteiger partial charge in [0.05, 0.1) is 18.2 Å². The van der Waals surface area contributed by atoms with Gasteiger partial charge in [0.25, 0.3) is 5.76 Å². The van der Waals surface area contributed by atoms with Gasteiger partial charge < -0.3 is 14.8 Å². The van der Waals surface area contributed by atoms with Gasteiger partial charge in [-0.3, -0.25) is 4.79 Å². The Morgan fingerprint density at radius 1 is 1.33 bits per heavy atom. The molecule has 1 heterocycles. The molecule has 2 N–H and O–H groups in total. The van der Waals surface area contributed by atoms with Gasteiger partial charge in [-0.15, -0.1) is 0 Å². The van der Waals surface area contributed by atoms with Crippen molar-refractivity contribution >= 4 is 17.7 Å². The minimum absolute atomic E-state index is 0.168. The fraction of sp³-hybridized carbons (Fsp3) is 0.643. The first-order valence-corrected chi connectivity index (χ1v) is 8.03. The molecule has 2 rings (SSSR count). The molecule has 0 aliphatic heterocycles. The molecule has 7 heteroatoms. The number of thioether (sulfide) groups is 1. The Balaban J connectivity index is 1.70. The molecule has 0 atom stereocenters. The summed E-state index contributed by atoms with van der Waals surface area (Å²) in [5.74, 6) is -1.88. The fourth-order valence-electron chi connectivity index (χ4n) is 2.53. The zero-order valence-corrected chi connectivity index (χ0v) is 12.4. The van der Waals surface area contributed by atoms with Crippen LogP contribution in [0.4, 0.5) is 8.78 Å². The van der Waals surface area contributed by atoms with E-state index in [1.54, 1.807) is 12.1 Å². The number of nitrogens with one attached hydrogen (secondary N) is 1. The van der Waals surface area contributed by atoms with E-state index in [1.807, 2.05) is 0 Å². The standard InChI is InChI=1S/C14H19F2NO3S/c15-14(16)21-8-12-6-5-11(20-12)7-17-10-3-1-9(2-4-10)13(18)19/h5-6,9-10,14,17H,1-4,7-8H2,(H,18,19). The normalized spacial score (nSPS) is 22.6. The van der Waals surface area contributed by atoms with Crippen LogP contribution in [0, 0.1) is 5.92 Å². The van der Waals surface area contributed by atoms with Crippen molar-refractivity contribution in [2.75, 3.05) is 0 Å². The largest absolute Gasteiger partial charge is 0.481 e. The second kappa shape index (κ2) is 7.79. The molecule has 21 heavy (non-hydrogen) atoms. The summed E-state index contributed by atoms with van der Waals surface area (Å²) in [5, 5.41) is 12.3. The van der Waals surface area contributed by atoms with Gasteiger partial charge in [-0.1, -0.05) is 11.8 Å². The first-order valence-electron chi connectivity index (χ1n) is 6.98. The SMILES string of the molecule is O=C(O)C1CCC(NCc2ccc(CSC(F)F)o2)CC1. The van der Waals surface area contributed by atoms with Crippen LogP contribution in [0.1, 0.15) is 37.2 Å². The van der Waals surface area contributed by atoms with E-state index in [-0.39, 0.29) is 11.7 Å². The lowest BCUT2D eigenvalue weighted by atomic mass is 9.86. The molecule has 1 aromatic heterocycles. The predicted octanol–water partition coefficient (Wildman–Crippen LogP) is 3.47. The minimum Gasteiger partial charge on any atom is -0.481 e. The molecule has 1 aliphatic carbocycles. The Hall–Kier alpha value is -1.08. The molecule has 1 aliphatic rings. The summed E-state index contributed by atoms with van der Waals surface area (Å²) in [6.07, 6.45) is 3.07. The molecule has 118 valence electrons. The van der Waals surface area contributed by atoms with Crippen molar-refractivity contribution in [3.63, 3.8) is 0 Å². The Morgan fingerprint density at radius 3 is 2.62 bits per heavy atom. The van der Waals surface area contributed by atoms with E-state index in [9.17, 15) is 13.6 Å². The second-order valence-corrected chi connectivity index (χ2v) is 6.19. The van der Waals surface area contributed by atoms with E-state index >= 15 is 0 Å². The quantitative estimate of drug-likeness (QED) is 0.806. The van der Waals surface area contributed by atoms with Crippen LogP contribution in [-0.2, 0) is 17.1 Å². The summed E-state index contributed by atoms with van der Waals surface area (Å²) in [6.45, 7) is 0.543. The third kappa shape index (κ3) is 5.32. The zero-order chi connectivity index (χ0) is 15.2. The van der Waals surface area contributed by atoms with Crippen molar-refractivity contribution in [3.05, 3.63) is 23.7 Å². The number of hydrogen-bond donors (Lipinski definition) is 2. The molecule has 0 spiro atoms. The first kappa shape index (κ1) is 16.3. The fourth-order valence-corrected chi connectivity index (χ4v) is 2.97. The third-order valence-electron chi connectivity index (χ3n) is 3.71. The zero-order valence-electron chi connectivity index (χ0n) is 11.6. The minimum atomic E-state index is -2.39. The number of hydrogen-bond acceptors (Lipinski definition) is 4. The number of carboxylic acids is 1. The summed E-state index contributed by atoms with van der Waals surface area (Å²) >= 11 is 0.544. The van der Waals surface area contributed by atoms with Gasteiger partial charge in [0.2, 0.25) is 0 Å². The van der Waals surface area contributed by atoms with E-state index < -0.39 is 11.7 Å². The highest BCUT2D eigenvalue weighted by Crippen LogP contribution is 2.25. The molecule has 1 aromatic rings. The number of carboxylic acid groups (broad SMARTS) is 1. The Morgan fingerprint density at radius 2 is 2.00 bits per heavy atom. The lowest BCUT2D eigenvalue weighted by Crippen LogP contribution is -2.34. The van der Waals surface area contributed by atoms with E-state index in [4.69, 9.17) is 9.52 Å². The maximum absolute atomic E-state index is 12.1. The van der Waals surface area contributed by atoms with Gasteiger partial charge >= 0.3 is 5.97 Å². The molecular weight excluding hydrogens is 300 g/mol. The number of aliphatic carboxylic acids is 1. The van der Waals surface area contributed by atoms with Gasteiger partial charge in [-0.25, -0.2) is 0 Å². The van der Waals surface area contributed by atoms with Gasteiger partial charge in [0.15, 0.2) is 0 Å². The highest BCUT2D eigenvalue weighted by Gasteiger charge is 2.25. The monoisotopic (exact) mass is 319 g/mol. The molecule has 4 nitrogen and oxygen atoms in total. The predicted molar refractivity (Wildman–Crippen MR) is 76.2 cm³/mol. The summed E-state index contributed by atoms with van der Waals surface area (Å²) in [6, 6.07) is 3.80. The van der Waals surface area contributed by atoms with Gasteiger partial charge in [0.1, 0.15) is 11.5 Å². The molecule has 0 saturated heterocycles. The number of carbonyl (C=O) groups is 1. The van der Waals surface area contributed by atoms with Gasteiger partial charge in [0, 0.05) is 6.04 Å². The molecule has 0 aromatic carbocycles. The molecular formula is C14H19F2NO3S. The summed E-state index contributed by atoms with van der Waals surface area (Å²) in [7, 11) is 0. The van der Waals surface area contributed by atoms with Crippen molar-refractivity contribution in [1.29, 1.82) is 0 Å². The van der Waals surface area contributed by atoms with Crippen LogP contribution in [0.25, 0.3) is 0 Å². The van der Waals surface area contributed by atoms with Crippen LogP contribution in [0.15, 0.2) is 16.5 Å². The smallest absolute Gasteiger partial charge is 0.306 e. The van der Waals surface area contributed by atoms with E-state index in [1.165, 1.54) is 0 Å². The third-order valence-corrected chi connectivity index (χ3v) is 4.41. The number of halogens is 2.